The summed E-state index contributed by atoms with van der Waals surface area (Å²) < 4.78 is 0. The summed E-state index contributed by atoms with van der Waals surface area (Å²) in [5.41, 5.74) is 36.7. The number of benzene rings is 17. The highest BCUT2D eigenvalue weighted by atomic mass is 14.9. The van der Waals surface area contributed by atoms with E-state index in [-0.39, 0.29) is 0 Å². The maximum absolute atomic E-state index is 5.12. The van der Waals surface area contributed by atoms with Crippen LogP contribution in [-0.2, 0) is 0 Å². The minimum absolute atomic E-state index is 0.670. The van der Waals surface area contributed by atoms with Gasteiger partial charge in [-0.1, -0.05) is 431 Å². The molecule has 0 N–H and O–H groups in total. The fourth-order valence-electron chi connectivity index (χ4n) is 17.7. The lowest BCUT2D eigenvalue weighted by Crippen LogP contribution is -1.97. The molecular weight excluding hydrogens is 1680 g/mol. The highest BCUT2D eigenvalue weighted by Crippen LogP contribution is 2.43. The van der Waals surface area contributed by atoms with Gasteiger partial charge in [0.15, 0.2) is 17.5 Å². The standard InChI is InChI=1S/2C43H29N3.C42H28N4/c1-5-14-30(15-6-1)34-24-25-39-38(27-34)37(28-40(44-39)31-16-7-2-8-17-31)35-22-13-23-36(26-35)42-29-41(32-18-9-3-10-19-32)45-43(46-42)33-20-11-4-12-21-33;1-5-13-30(14-6-1)36-25-26-39-38(27-36)37(28-40(44-39)32-15-7-2-8-16-32)31-21-23-35(24-22-31)43-45-41(33-17-9-3-10-18-33)29-42(46-43)34-19-11-4-12-20-34;1-5-13-29(14-6-1)33-21-23-37-36(25-33)35(26-39(44-37)30-15-7-2-8-16-30)34-22-24-38(43-28-34)41-27-40(31-17-9-3-10-18-31)45-42(46-41)32-19-11-4-12-20-32/h2*1-29H;1-28H. The van der Waals surface area contributed by atoms with Gasteiger partial charge in [-0.25, -0.2) is 44.9 Å². The Morgan fingerprint density at radius 2 is 0.326 bits per heavy atom. The lowest BCUT2D eigenvalue weighted by atomic mass is 9.94. The monoisotopic (exact) mass is 1760 g/mol. The zero-order chi connectivity index (χ0) is 92.1. The summed E-state index contributed by atoms with van der Waals surface area (Å²) in [6.45, 7) is 0. The summed E-state index contributed by atoms with van der Waals surface area (Å²) in [6, 6.07) is 178. The van der Waals surface area contributed by atoms with Crippen LogP contribution in [0.2, 0.25) is 0 Å². The van der Waals surface area contributed by atoms with Gasteiger partial charge in [-0.15, -0.1) is 0 Å². The van der Waals surface area contributed by atoms with Gasteiger partial charge in [0, 0.05) is 89.1 Å². The van der Waals surface area contributed by atoms with Gasteiger partial charge in [-0.05, 0) is 146 Å². The van der Waals surface area contributed by atoms with Gasteiger partial charge in [0.2, 0.25) is 0 Å². The molecule has 0 radical (unpaired) electrons. The third kappa shape index (κ3) is 18.8. The molecule has 648 valence electrons. The van der Waals surface area contributed by atoms with E-state index >= 15 is 0 Å². The minimum Gasteiger partial charge on any atom is -0.254 e. The van der Waals surface area contributed by atoms with Crippen LogP contribution in [0.15, 0.2) is 522 Å². The van der Waals surface area contributed by atoms with Crippen LogP contribution in [-0.4, -0.2) is 49.8 Å². The van der Waals surface area contributed by atoms with E-state index < -0.39 is 0 Å². The number of aromatic nitrogens is 10. The second-order valence-electron chi connectivity index (χ2n) is 33.7. The number of fused-ring (bicyclic) bond motifs is 3. The molecule has 0 aliphatic heterocycles. The Hall–Kier alpha value is -18.6. The Morgan fingerprint density at radius 1 is 0.109 bits per heavy atom. The third-order valence-corrected chi connectivity index (χ3v) is 24.7. The second kappa shape index (κ2) is 39.4. The summed E-state index contributed by atoms with van der Waals surface area (Å²) in [5.74, 6) is 2.07. The van der Waals surface area contributed by atoms with Crippen LogP contribution in [0.5, 0.6) is 0 Å². The van der Waals surface area contributed by atoms with Crippen molar-refractivity contribution in [3.8, 4) is 202 Å². The highest BCUT2D eigenvalue weighted by molar-refractivity contribution is 6.03. The predicted octanol–water partition coefficient (Wildman–Crippen LogP) is 32.5. The van der Waals surface area contributed by atoms with E-state index in [1.165, 1.54) is 22.3 Å². The molecule has 138 heavy (non-hydrogen) atoms. The molecule has 24 aromatic rings. The first kappa shape index (κ1) is 84.9. The molecule has 7 heterocycles. The molecule has 0 saturated heterocycles. The van der Waals surface area contributed by atoms with Gasteiger partial charge < -0.3 is 0 Å². The molecule has 7 aromatic heterocycles. The van der Waals surface area contributed by atoms with Crippen LogP contribution in [0.4, 0.5) is 0 Å². The Labute approximate surface area is 801 Å². The number of rotatable bonds is 18. The molecule has 0 spiro atoms. The summed E-state index contributed by atoms with van der Waals surface area (Å²) in [6.07, 6.45) is 1.94. The lowest BCUT2D eigenvalue weighted by Gasteiger charge is -2.14. The second-order valence-corrected chi connectivity index (χ2v) is 33.7. The average Bonchev–Trinajstić information content (AvgIpc) is 0.772. The van der Waals surface area contributed by atoms with Crippen LogP contribution in [0.25, 0.3) is 235 Å². The number of pyridine rings is 4. The molecule has 0 amide bonds. The summed E-state index contributed by atoms with van der Waals surface area (Å²) >= 11 is 0. The number of hydrogen-bond acceptors (Lipinski definition) is 10. The van der Waals surface area contributed by atoms with E-state index in [2.05, 4.69) is 346 Å². The molecule has 0 saturated carbocycles. The molecule has 10 heteroatoms. The molecule has 0 bridgehead atoms. The third-order valence-electron chi connectivity index (χ3n) is 24.7. The van der Waals surface area contributed by atoms with E-state index in [0.717, 1.165) is 195 Å². The van der Waals surface area contributed by atoms with Crippen molar-refractivity contribution in [2.24, 2.45) is 0 Å². The van der Waals surface area contributed by atoms with Crippen LogP contribution >= 0.6 is 0 Å². The van der Waals surface area contributed by atoms with E-state index in [0.29, 0.717) is 17.5 Å². The van der Waals surface area contributed by atoms with Crippen molar-refractivity contribution in [1.29, 1.82) is 0 Å². The van der Waals surface area contributed by atoms with E-state index in [9.17, 15) is 0 Å². The van der Waals surface area contributed by atoms with Gasteiger partial charge in [-0.2, -0.15) is 0 Å². The Morgan fingerprint density at radius 3 is 0.630 bits per heavy atom. The predicted molar refractivity (Wildman–Crippen MR) is 568 cm³/mol. The van der Waals surface area contributed by atoms with Crippen molar-refractivity contribution in [3.63, 3.8) is 0 Å². The van der Waals surface area contributed by atoms with Crippen molar-refractivity contribution < 1.29 is 0 Å². The summed E-state index contributed by atoms with van der Waals surface area (Å²) in [7, 11) is 0. The molecule has 0 unspecified atom stereocenters. The zero-order valence-electron chi connectivity index (χ0n) is 75.1. The molecule has 24 rings (SSSR count). The summed E-state index contributed by atoms with van der Waals surface area (Å²) in [4.78, 5) is 50.3. The zero-order valence-corrected chi connectivity index (χ0v) is 75.1. The number of hydrogen-bond donors (Lipinski definition) is 0. The first-order valence-corrected chi connectivity index (χ1v) is 46.2. The van der Waals surface area contributed by atoms with Crippen LogP contribution in [0, 0.1) is 0 Å². The first-order chi connectivity index (χ1) is 68.3. The van der Waals surface area contributed by atoms with Gasteiger partial charge in [0.05, 0.1) is 73.5 Å². The fraction of sp³-hybridized carbons (Fsp3) is 0. The molecule has 17 aromatic carbocycles. The van der Waals surface area contributed by atoms with Gasteiger partial charge >= 0.3 is 0 Å². The maximum Gasteiger partial charge on any atom is 0.160 e. The quantitative estimate of drug-likeness (QED) is 0.0819. The minimum atomic E-state index is 0.670. The largest absolute Gasteiger partial charge is 0.254 e. The van der Waals surface area contributed by atoms with Crippen LogP contribution in [0.1, 0.15) is 0 Å². The van der Waals surface area contributed by atoms with Gasteiger partial charge in [0.25, 0.3) is 0 Å². The molecular formula is C128H86N10. The molecule has 0 aliphatic carbocycles. The Balaban J connectivity index is 0.000000119. The summed E-state index contributed by atoms with van der Waals surface area (Å²) in [5, 5.41) is 3.30. The lowest BCUT2D eigenvalue weighted by molar-refractivity contribution is 1.16. The van der Waals surface area contributed by atoms with Crippen molar-refractivity contribution in [3.05, 3.63) is 522 Å². The van der Waals surface area contributed by atoms with Gasteiger partial charge in [0.1, 0.15) is 0 Å². The first-order valence-electron chi connectivity index (χ1n) is 46.2. The normalized spacial score (nSPS) is 11.0. The van der Waals surface area contributed by atoms with Crippen molar-refractivity contribution >= 4 is 32.7 Å². The fourth-order valence-corrected chi connectivity index (χ4v) is 17.7. The van der Waals surface area contributed by atoms with Gasteiger partial charge in [-0.3, -0.25) is 4.98 Å². The Bertz CT molecular complexity index is 7890. The topological polar surface area (TPSA) is 129 Å². The number of nitrogens with zero attached hydrogens (tertiary/aromatic N) is 10. The molecule has 0 atom stereocenters. The van der Waals surface area contributed by atoms with Crippen molar-refractivity contribution in [2.75, 3.05) is 0 Å². The van der Waals surface area contributed by atoms with E-state index in [4.69, 9.17) is 49.8 Å². The Kier molecular flexibility index (Phi) is 24.2. The smallest absolute Gasteiger partial charge is 0.160 e. The van der Waals surface area contributed by atoms with Crippen molar-refractivity contribution in [1.82, 2.24) is 49.8 Å². The van der Waals surface area contributed by atoms with E-state index in [1.54, 1.807) is 0 Å². The molecule has 0 aliphatic rings. The average molecular weight is 1760 g/mol. The van der Waals surface area contributed by atoms with Crippen molar-refractivity contribution in [2.45, 2.75) is 0 Å². The van der Waals surface area contributed by atoms with Crippen LogP contribution in [0.3, 0.4) is 0 Å². The highest BCUT2D eigenvalue weighted by Gasteiger charge is 2.21. The molecule has 10 nitrogen and oxygen atoms in total. The SMILES string of the molecule is c1ccc(-c2ccc3nc(-c4ccccc4)cc(-c4ccc(-c5cc(-c6ccccc6)nc(-c6ccccc6)n5)nc4)c3c2)cc1.c1ccc(-c2ccc3nc(-c4ccccc4)cc(-c4ccc(-c5nc(-c6ccccc6)cc(-c6ccccc6)n5)cc4)c3c2)cc1.c1ccc(-c2ccc3nc(-c4ccccc4)cc(-c4cccc(-c5cc(-c6ccccc6)nc(-c6ccccc6)n5)c4)c3c2)cc1. The van der Waals surface area contributed by atoms with E-state index in [1.807, 2.05) is 176 Å². The maximum atomic E-state index is 5.12. The van der Waals surface area contributed by atoms with Crippen LogP contribution < -0.4 is 0 Å². The molecule has 0 fully saturated rings.